The normalized spacial score (nSPS) is 10.7. The van der Waals surface area contributed by atoms with Crippen molar-refractivity contribution in [3.63, 3.8) is 0 Å². The zero-order valence-corrected chi connectivity index (χ0v) is 8.59. The van der Waals surface area contributed by atoms with Gasteiger partial charge in [0.25, 0.3) is 0 Å². The van der Waals surface area contributed by atoms with Gasteiger partial charge in [0.15, 0.2) is 29.1 Å². The van der Waals surface area contributed by atoms with Crippen molar-refractivity contribution in [3.8, 4) is 11.3 Å². The summed E-state index contributed by atoms with van der Waals surface area (Å²) >= 11 is 0. The van der Waals surface area contributed by atoms with Crippen molar-refractivity contribution >= 4 is 11.8 Å². The lowest BCUT2D eigenvalue weighted by molar-refractivity contribution is 0.410. The van der Waals surface area contributed by atoms with Crippen LogP contribution >= 0.6 is 0 Å². The maximum Gasteiger partial charge on any atom is 0.242 e. The lowest BCUT2D eigenvalue weighted by atomic mass is 10.1. The lowest BCUT2D eigenvalue weighted by Crippen LogP contribution is -2.07. The molecule has 9 heteroatoms. The maximum atomic E-state index is 13.4. The van der Waals surface area contributed by atoms with E-state index in [1.807, 2.05) is 0 Å². The molecule has 2 aromatic rings. The van der Waals surface area contributed by atoms with Crippen LogP contribution in [0.5, 0.6) is 0 Å². The number of hydrogen-bond donors (Lipinski definition) is 2. The Kier molecular flexibility index (Phi) is 2.73. The van der Waals surface area contributed by atoms with E-state index in [1.165, 1.54) is 0 Å². The highest BCUT2D eigenvalue weighted by Crippen LogP contribution is 2.28. The second kappa shape index (κ2) is 4.09. The molecule has 0 atom stereocenters. The van der Waals surface area contributed by atoms with Crippen molar-refractivity contribution in [3.05, 3.63) is 29.3 Å². The summed E-state index contributed by atoms with van der Waals surface area (Å²) < 4.78 is 52.2. The summed E-state index contributed by atoms with van der Waals surface area (Å²) in [6.07, 6.45) is 0. The number of hydrogen-bond acceptors (Lipinski definition) is 5. The Morgan fingerprint density at radius 2 is 1.56 bits per heavy atom. The van der Waals surface area contributed by atoms with Crippen LogP contribution in [-0.2, 0) is 0 Å². The molecule has 0 aliphatic heterocycles. The highest BCUT2D eigenvalue weighted by molar-refractivity contribution is 5.70. The van der Waals surface area contributed by atoms with E-state index in [0.29, 0.717) is 6.07 Å². The molecule has 0 saturated carbocycles. The van der Waals surface area contributed by atoms with Crippen LogP contribution in [0.3, 0.4) is 0 Å². The summed E-state index contributed by atoms with van der Waals surface area (Å²) in [5, 5.41) is 6.63. The van der Waals surface area contributed by atoms with Gasteiger partial charge in [-0.2, -0.15) is 4.98 Å². The Hall–Kier alpha value is -2.45. The van der Waals surface area contributed by atoms with E-state index >= 15 is 0 Å². The average Bonchev–Trinajstić information content (AvgIpc) is 2.32. The first-order valence-corrected chi connectivity index (χ1v) is 4.51. The molecule has 18 heavy (non-hydrogen) atoms. The second-order valence-corrected chi connectivity index (χ2v) is 3.25. The fourth-order valence-corrected chi connectivity index (χ4v) is 1.29. The molecule has 0 bridgehead atoms. The molecule has 5 nitrogen and oxygen atoms in total. The van der Waals surface area contributed by atoms with Crippen molar-refractivity contribution in [2.75, 3.05) is 11.5 Å². The summed E-state index contributed by atoms with van der Waals surface area (Å²) in [6, 6.07) is 0.409. The van der Waals surface area contributed by atoms with Gasteiger partial charge in [0, 0.05) is 5.56 Å². The van der Waals surface area contributed by atoms with Crippen molar-refractivity contribution in [2.45, 2.75) is 0 Å². The molecule has 1 aromatic carbocycles. The highest BCUT2D eigenvalue weighted by atomic mass is 19.2. The van der Waals surface area contributed by atoms with Crippen LogP contribution in [0.1, 0.15) is 0 Å². The van der Waals surface area contributed by atoms with Gasteiger partial charge in [0.2, 0.25) is 5.95 Å². The van der Waals surface area contributed by atoms with Gasteiger partial charge in [-0.3, -0.25) is 0 Å². The molecule has 0 aliphatic rings. The van der Waals surface area contributed by atoms with E-state index in [0.717, 1.165) is 0 Å². The monoisotopic (exact) mass is 259 g/mol. The lowest BCUT2D eigenvalue weighted by Gasteiger charge is -2.06. The van der Waals surface area contributed by atoms with E-state index in [4.69, 9.17) is 11.5 Å². The molecule has 0 unspecified atom stereocenters. The molecule has 1 heterocycles. The standard InChI is InChI=1S/C9H5F4N5/c10-3-1-2(4(11)6(13)5(3)12)7-8(14)16-9(15)18-17-7/h1H,(H4,14,15,16,18). The third kappa shape index (κ3) is 1.79. The maximum absolute atomic E-state index is 13.4. The summed E-state index contributed by atoms with van der Waals surface area (Å²) in [7, 11) is 0. The van der Waals surface area contributed by atoms with E-state index in [9.17, 15) is 17.6 Å². The molecule has 0 radical (unpaired) electrons. The van der Waals surface area contributed by atoms with Gasteiger partial charge in [-0.15, -0.1) is 10.2 Å². The Labute approximate surface area is 97.5 Å². The minimum absolute atomic E-state index is 0.292. The topological polar surface area (TPSA) is 90.7 Å². The predicted octanol–water partition coefficient (Wildman–Crippen LogP) is 1.26. The van der Waals surface area contributed by atoms with E-state index in [1.54, 1.807) is 0 Å². The first-order chi connectivity index (χ1) is 8.41. The van der Waals surface area contributed by atoms with Crippen molar-refractivity contribution in [1.82, 2.24) is 15.2 Å². The number of nitrogen functional groups attached to an aromatic ring is 2. The van der Waals surface area contributed by atoms with E-state index < -0.39 is 34.5 Å². The van der Waals surface area contributed by atoms with Gasteiger partial charge >= 0.3 is 0 Å². The fourth-order valence-electron chi connectivity index (χ4n) is 1.29. The molecule has 1 aromatic heterocycles. The Morgan fingerprint density at radius 1 is 0.889 bits per heavy atom. The highest BCUT2D eigenvalue weighted by Gasteiger charge is 2.22. The number of halogens is 4. The molecule has 0 amide bonds. The molecular weight excluding hydrogens is 254 g/mol. The van der Waals surface area contributed by atoms with Crippen molar-refractivity contribution in [2.24, 2.45) is 0 Å². The number of anilines is 2. The zero-order chi connectivity index (χ0) is 13.4. The van der Waals surface area contributed by atoms with E-state index in [2.05, 4.69) is 15.2 Å². The Bertz CT molecular complexity index is 631. The van der Waals surface area contributed by atoms with Crippen LogP contribution in [0.25, 0.3) is 11.3 Å². The van der Waals surface area contributed by atoms with Crippen LogP contribution in [-0.4, -0.2) is 15.2 Å². The molecular formula is C9H5F4N5. The summed E-state index contributed by atoms with van der Waals surface area (Å²) in [4.78, 5) is 3.45. The first-order valence-electron chi connectivity index (χ1n) is 4.51. The quantitative estimate of drug-likeness (QED) is 0.457. The Balaban J connectivity index is 2.72. The largest absolute Gasteiger partial charge is 0.382 e. The molecule has 94 valence electrons. The molecule has 0 fully saturated rings. The minimum Gasteiger partial charge on any atom is -0.382 e. The third-order valence-electron chi connectivity index (χ3n) is 2.09. The Morgan fingerprint density at radius 3 is 2.17 bits per heavy atom. The number of nitrogens with zero attached hydrogens (tertiary/aromatic N) is 3. The van der Waals surface area contributed by atoms with Gasteiger partial charge in [-0.1, -0.05) is 0 Å². The van der Waals surface area contributed by atoms with Gasteiger partial charge in [-0.05, 0) is 6.07 Å². The number of rotatable bonds is 1. The number of aromatic nitrogens is 3. The third-order valence-corrected chi connectivity index (χ3v) is 2.09. The minimum atomic E-state index is -1.97. The summed E-state index contributed by atoms with van der Waals surface area (Å²) in [5.41, 5.74) is 9.40. The van der Waals surface area contributed by atoms with Crippen LogP contribution in [0.2, 0.25) is 0 Å². The molecule has 4 N–H and O–H groups in total. The van der Waals surface area contributed by atoms with E-state index in [-0.39, 0.29) is 11.8 Å². The van der Waals surface area contributed by atoms with Crippen molar-refractivity contribution in [1.29, 1.82) is 0 Å². The van der Waals surface area contributed by atoms with Crippen molar-refractivity contribution < 1.29 is 17.6 Å². The average molecular weight is 259 g/mol. The summed E-state index contributed by atoms with van der Waals surface area (Å²) in [5.74, 6) is -7.79. The molecule has 2 rings (SSSR count). The summed E-state index contributed by atoms with van der Waals surface area (Å²) in [6.45, 7) is 0. The SMILES string of the molecule is Nc1nnc(-c2cc(F)c(F)c(F)c2F)c(N)n1. The second-order valence-electron chi connectivity index (χ2n) is 3.25. The van der Waals surface area contributed by atoms with Crippen LogP contribution in [0.15, 0.2) is 6.07 Å². The van der Waals surface area contributed by atoms with Crippen LogP contribution in [0.4, 0.5) is 29.3 Å². The van der Waals surface area contributed by atoms with Gasteiger partial charge in [0.1, 0.15) is 5.69 Å². The molecule has 0 spiro atoms. The fraction of sp³-hybridized carbons (Fsp3) is 0. The van der Waals surface area contributed by atoms with Gasteiger partial charge in [-0.25, -0.2) is 17.6 Å². The van der Waals surface area contributed by atoms with Crippen LogP contribution in [0, 0.1) is 23.3 Å². The molecule has 0 aliphatic carbocycles. The van der Waals surface area contributed by atoms with Gasteiger partial charge < -0.3 is 11.5 Å². The number of nitrogens with two attached hydrogens (primary N) is 2. The predicted molar refractivity (Wildman–Crippen MR) is 53.9 cm³/mol. The number of benzene rings is 1. The first kappa shape index (κ1) is 12.0. The van der Waals surface area contributed by atoms with Crippen LogP contribution < -0.4 is 11.5 Å². The smallest absolute Gasteiger partial charge is 0.242 e. The molecule has 0 saturated heterocycles. The van der Waals surface area contributed by atoms with Gasteiger partial charge in [0.05, 0.1) is 0 Å². The zero-order valence-electron chi connectivity index (χ0n) is 8.59.